The number of ether oxygens (including phenoxy) is 1. The third-order valence-electron chi connectivity index (χ3n) is 3.52. The molecule has 3 rings (SSSR count). The van der Waals surface area contributed by atoms with Gasteiger partial charge in [-0.3, -0.25) is 4.79 Å². The molecule has 3 aromatic rings. The van der Waals surface area contributed by atoms with Gasteiger partial charge in [-0.1, -0.05) is 6.92 Å². The number of hydrogen-bond acceptors (Lipinski definition) is 5. The summed E-state index contributed by atoms with van der Waals surface area (Å²) in [6, 6.07) is 8.65. The van der Waals surface area contributed by atoms with Gasteiger partial charge >= 0.3 is 5.97 Å². The van der Waals surface area contributed by atoms with Gasteiger partial charge in [0.05, 0.1) is 16.4 Å². The number of hydrogen-bond donors (Lipinski definition) is 0. The Balaban J connectivity index is 1.96. The Hall–Kier alpha value is -0.700. The van der Waals surface area contributed by atoms with E-state index < -0.39 is 0 Å². The average molecular weight is 474 g/mol. The van der Waals surface area contributed by atoms with Crippen molar-refractivity contribution in [1.29, 1.82) is 0 Å². The molecule has 6 heteroatoms. The second-order valence-corrected chi connectivity index (χ2v) is 9.90. The molecular formula is C17H15IO2S3. The fraction of sp³-hybridized carbons (Fsp3) is 0.235. The molecule has 0 amide bonds. The average Bonchev–Trinajstić information content (AvgIpc) is 3.24. The first-order chi connectivity index (χ1) is 11.1. The predicted octanol–water partition coefficient (Wildman–Crippen LogP) is 6.09. The molecule has 2 nitrogen and oxygen atoms in total. The largest absolute Gasteiger partial charge is 0.469 e. The molecule has 0 aromatic carbocycles. The van der Waals surface area contributed by atoms with Gasteiger partial charge in [0.25, 0.3) is 0 Å². The number of esters is 1. The lowest BCUT2D eigenvalue weighted by atomic mass is 10.1. The lowest BCUT2D eigenvalue weighted by Crippen LogP contribution is -2.04. The van der Waals surface area contributed by atoms with Crippen molar-refractivity contribution in [3.8, 4) is 19.5 Å². The topological polar surface area (TPSA) is 26.3 Å². The van der Waals surface area contributed by atoms with Gasteiger partial charge < -0.3 is 4.74 Å². The van der Waals surface area contributed by atoms with Crippen LogP contribution in [0.1, 0.15) is 18.1 Å². The highest BCUT2D eigenvalue weighted by molar-refractivity contribution is 14.1. The van der Waals surface area contributed by atoms with Gasteiger partial charge in [0.1, 0.15) is 0 Å². The van der Waals surface area contributed by atoms with Gasteiger partial charge in [0.15, 0.2) is 0 Å². The molecule has 23 heavy (non-hydrogen) atoms. The molecule has 0 saturated carbocycles. The molecular weight excluding hydrogens is 459 g/mol. The first kappa shape index (κ1) is 17.1. The highest BCUT2D eigenvalue weighted by Crippen LogP contribution is 2.42. The zero-order valence-electron chi connectivity index (χ0n) is 12.7. The molecule has 3 heterocycles. The minimum Gasteiger partial charge on any atom is -0.469 e. The van der Waals surface area contributed by atoms with Crippen molar-refractivity contribution in [1.82, 2.24) is 0 Å². The van der Waals surface area contributed by atoms with Gasteiger partial charge in [-0.15, -0.1) is 34.0 Å². The van der Waals surface area contributed by atoms with Crippen molar-refractivity contribution < 1.29 is 9.53 Å². The first-order valence-electron chi connectivity index (χ1n) is 7.14. The molecule has 0 bridgehead atoms. The fourth-order valence-corrected chi connectivity index (χ4v) is 6.63. The predicted molar refractivity (Wildman–Crippen MR) is 109 cm³/mol. The maximum Gasteiger partial charge on any atom is 0.310 e. The van der Waals surface area contributed by atoms with Crippen LogP contribution in [0.25, 0.3) is 19.5 Å². The van der Waals surface area contributed by atoms with E-state index in [1.54, 1.807) is 34.0 Å². The van der Waals surface area contributed by atoms with E-state index in [1.807, 2.05) is 0 Å². The Bertz CT molecular complexity index is 829. The van der Waals surface area contributed by atoms with Gasteiger partial charge in [0, 0.05) is 19.5 Å². The highest BCUT2D eigenvalue weighted by Gasteiger charge is 2.16. The smallest absolute Gasteiger partial charge is 0.310 e. The Morgan fingerprint density at radius 3 is 2.57 bits per heavy atom. The Labute approximate surface area is 161 Å². The van der Waals surface area contributed by atoms with Crippen LogP contribution < -0.4 is 0 Å². The van der Waals surface area contributed by atoms with Crippen molar-refractivity contribution >= 4 is 62.6 Å². The number of rotatable bonds is 5. The molecule has 0 N–H and O–H groups in total. The van der Waals surface area contributed by atoms with E-state index in [0.717, 1.165) is 12.0 Å². The van der Waals surface area contributed by atoms with Crippen LogP contribution in [0.2, 0.25) is 0 Å². The fourth-order valence-electron chi connectivity index (χ4n) is 2.37. The van der Waals surface area contributed by atoms with E-state index in [4.69, 9.17) is 4.74 Å². The molecule has 0 radical (unpaired) electrons. The number of thiophene rings is 3. The van der Waals surface area contributed by atoms with Gasteiger partial charge in [0.2, 0.25) is 0 Å². The molecule has 0 aliphatic carbocycles. The second-order valence-electron chi connectivity index (χ2n) is 4.95. The molecule has 0 aliphatic heterocycles. The minimum absolute atomic E-state index is 0.191. The molecule has 0 saturated heterocycles. The number of halogens is 1. The number of methoxy groups -OCH3 is 1. The summed E-state index contributed by atoms with van der Waals surface area (Å²) in [7, 11) is 1.44. The maximum atomic E-state index is 11.6. The molecule has 0 aliphatic rings. The Morgan fingerprint density at radius 2 is 1.87 bits per heavy atom. The molecule has 3 aromatic heterocycles. The summed E-state index contributed by atoms with van der Waals surface area (Å²) in [5.41, 5.74) is 2.46. The second kappa shape index (κ2) is 7.46. The number of carbonyl (C=O) groups excluding carboxylic acids is 1. The van der Waals surface area contributed by atoms with Crippen LogP contribution in [0.4, 0.5) is 0 Å². The monoisotopic (exact) mass is 474 g/mol. The van der Waals surface area contributed by atoms with Crippen molar-refractivity contribution in [3.63, 3.8) is 0 Å². The third kappa shape index (κ3) is 3.70. The summed E-state index contributed by atoms with van der Waals surface area (Å²) < 4.78 is 6.01. The van der Waals surface area contributed by atoms with Crippen LogP contribution in [0.3, 0.4) is 0 Å². The number of aryl methyl sites for hydroxylation is 1. The van der Waals surface area contributed by atoms with E-state index in [9.17, 15) is 4.79 Å². The van der Waals surface area contributed by atoms with Crippen LogP contribution in [-0.2, 0) is 22.4 Å². The maximum absolute atomic E-state index is 11.6. The van der Waals surface area contributed by atoms with Crippen molar-refractivity contribution in [2.75, 3.05) is 7.11 Å². The highest BCUT2D eigenvalue weighted by atomic mass is 127. The van der Waals surface area contributed by atoms with Crippen LogP contribution in [0.15, 0.2) is 29.6 Å². The molecule has 0 spiro atoms. The SMILES string of the molecule is CCc1ccsc1-c1ccc(-c2sc(I)cc2CC(=O)OC)s1. The van der Waals surface area contributed by atoms with Gasteiger partial charge in [-0.25, -0.2) is 0 Å². The van der Waals surface area contributed by atoms with E-state index >= 15 is 0 Å². The van der Waals surface area contributed by atoms with Crippen molar-refractivity contribution in [2.24, 2.45) is 0 Å². The minimum atomic E-state index is -0.191. The van der Waals surface area contributed by atoms with Gasteiger partial charge in [-0.05, 0) is 69.8 Å². The molecule has 120 valence electrons. The third-order valence-corrected chi connectivity index (χ3v) is 7.86. The Kier molecular flexibility index (Phi) is 5.56. The normalized spacial score (nSPS) is 10.9. The molecule has 0 unspecified atom stereocenters. The zero-order valence-corrected chi connectivity index (χ0v) is 17.3. The first-order valence-corrected chi connectivity index (χ1v) is 10.7. The summed E-state index contributed by atoms with van der Waals surface area (Å²) in [4.78, 5) is 16.7. The van der Waals surface area contributed by atoms with E-state index in [1.165, 1.54) is 35.1 Å². The van der Waals surface area contributed by atoms with Crippen LogP contribution in [-0.4, -0.2) is 13.1 Å². The Morgan fingerprint density at radius 1 is 1.13 bits per heavy atom. The van der Waals surface area contributed by atoms with E-state index in [0.29, 0.717) is 6.42 Å². The van der Waals surface area contributed by atoms with Crippen LogP contribution >= 0.6 is 56.6 Å². The summed E-state index contributed by atoms with van der Waals surface area (Å²) in [6.45, 7) is 2.19. The van der Waals surface area contributed by atoms with E-state index in [2.05, 4.69) is 59.2 Å². The molecule has 0 fully saturated rings. The van der Waals surface area contributed by atoms with Crippen LogP contribution in [0, 0.1) is 2.88 Å². The quantitative estimate of drug-likeness (QED) is 0.331. The number of carbonyl (C=O) groups is 1. The summed E-state index contributed by atoms with van der Waals surface area (Å²) in [6.07, 6.45) is 1.38. The standard InChI is InChI=1S/C17H15IO2S3/c1-3-10-6-7-21-16(10)12-4-5-13(22-12)17-11(8-14(18)23-17)9-15(19)20-2/h4-8H,3,9H2,1-2H3. The zero-order chi connectivity index (χ0) is 16.4. The van der Waals surface area contributed by atoms with Gasteiger partial charge in [-0.2, -0.15) is 0 Å². The lowest BCUT2D eigenvalue weighted by Gasteiger charge is -2.01. The summed E-state index contributed by atoms with van der Waals surface area (Å²) in [5, 5.41) is 2.16. The lowest BCUT2D eigenvalue weighted by molar-refractivity contribution is -0.139. The molecule has 0 atom stereocenters. The summed E-state index contributed by atoms with van der Waals surface area (Å²) in [5.74, 6) is -0.191. The van der Waals surface area contributed by atoms with E-state index in [-0.39, 0.29) is 5.97 Å². The van der Waals surface area contributed by atoms with Crippen molar-refractivity contribution in [3.05, 3.63) is 43.7 Å². The van der Waals surface area contributed by atoms with Crippen LogP contribution in [0.5, 0.6) is 0 Å². The van der Waals surface area contributed by atoms with Crippen molar-refractivity contribution in [2.45, 2.75) is 19.8 Å². The summed E-state index contributed by atoms with van der Waals surface area (Å²) >= 11 is 7.65.